The van der Waals surface area contributed by atoms with Crippen LogP contribution in [0, 0.1) is 0 Å². The fraction of sp³-hybridized carbons (Fsp3) is 0.368. The molecule has 1 heterocycles. The van der Waals surface area contributed by atoms with Gasteiger partial charge in [0.05, 0.1) is 26.4 Å². The van der Waals surface area contributed by atoms with E-state index < -0.39 is 5.79 Å². The van der Waals surface area contributed by atoms with Gasteiger partial charge in [-0.2, -0.15) is 0 Å². The Balaban J connectivity index is 1.71. The van der Waals surface area contributed by atoms with E-state index in [1.165, 1.54) is 0 Å². The van der Waals surface area contributed by atoms with Crippen LogP contribution in [-0.4, -0.2) is 23.4 Å². The van der Waals surface area contributed by atoms with Gasteiger partial charge in [-0.25, -0.2) is 0 Å². The standard InChI is InChI=1S/C19H22O5/c1-19(23-7-8-24-19)17-4-2-3-14(9-17)13-22-18-6-5-15(11-20)16(10-18)12-21/h2-6,9-10,20-21H,7-8,11-13H2,1H3. The predicted octanol–water partition coefficient (Wildman–Crippen LogP) is 2.47. The maximum absolute atomic E-state index is 9.35. The lowest BCUT2D eigenvalue weighted by Crippen LogP contribution is -2.22. The molecule has 0 aliphatic carbocycles. The molecule has 2 aromatic carbocycles. The van der Waals surface area contributed by atoms with Gasteiger partial charge in [0.15, 0.2) is 5.79 Å². The zero-order chi connectivity index (χ0) is 17.0. The Morgan fingerprint density at radius 2 is 1.75 bits per heavy atom. The van der Waals surface area contributed by atoms with Gasteiger partial charge in [0.1, 0.15) is 12.4 Å². The van der Waals surface area contributed by atoms with Crippen LogP contribution in [0.4, 0.5) is 0 Å². The highest BCUT2D eigenvalue weighted by Crippen LogP contribution is 2.31. The third kappa shape index (κ3) is 3.60. The van der Waals surface area contributed by atoms with Crippen LogP contribution in [0.1, 0.15) is 29.2 Å². The first-order valence-corrected chi connectivity index (χ1v) is 7.98. The van der Waals surface area contributed by atoms with Gasteiger partial charge in [-0.1, -0.05) is 24.3 Å². The molecule has 2 N–H and O–H groups in total. The summed E-state index contributed by atoms with van der Waals surface area (Å²) in [5.41, 5.74) is 3.34. The van der Waals surface area contributed by atoms with Crippen molar-refractivity contribution in [3.8, 4) is 5.75 Å². The van der Waals surface area contributed by atoms with Crippen molar-refractivity contribution in [2.45, 2.75) is 32.5 Å². The summed E-state index contributed by atoms with van der Waals surface area (Å²) in [6, 6.07) is 13.2. The lowest BCUT2D eigenvalue weighted by Gasteiger charge is -2.23. The summed E-state index contributed by atoms with van der Waals surface area (Å²) in [5.74, 6) is -0.0377. The highest BCUT2D eigenvalue weighted by molar-refractivity contribution is 5.35. The molecule has 2 aromatic rings. The van der Waals surface area contributed by atoms with E-state index in [0.717, 1.165) is 11.1 Å². The molecule has 3 rings (SSSR count). The number of hydrogen-bond donors (Lipinski definition) is 2. The third-order valence-corrected chi connectivity index (χ3v) is 4.21. The van der Waals surface area contributed by atoms with Gasteiger partial charge in [0, 0.05) is 5.56 Å². The second kappa shape index (κ2) is 7.32. The monoisotopic (exact) mass is 330 g/mol. The minimum Gasteiger partial charge on any atom is -0.489 e. The molecule has 0 aromatic heterocycles. The second-order valence-electron chi connectivity index (χ2n) is 5.88. The number of aliphatic hydroxyl groups is 2. The van der Waals surface area contributed by atoms with Crippen molar-refractivity contribution in [2.75, 3.05) is 13.2 Å². The van der Waals surface area contributed by atoms with Crippen molar-refractivity contribution >= 4 is 0 Å². The molecule has 5 nitrogen and oxygen atoms in total. The van der Waals surface area contributed by atoms with Gasteiger partial charge in [-0.05, 0) is 41.8 Å². The smallest absolute Gasteiger partial charge is 0.192 e. The first kappa shape index (κ1) is 16.9. The number of aliphatic hydroxyl groups excluding tert-OH is 2. The van der Waals surface area contributed by atoms with E-state index >= 15 is 0 Å². The van der Waals surface area contributed by atoms with E-state index in [2.05, 4.69) is 0 Å². The van der Waals surface area contributed by atoms with Crippen LogP contribution in [0.3, 0.4) is 0 Å². The minimum absolute atomic E-state index is 0.100. The predicted molar refractivity (Wildman–Crippen MR) is 88.3 cm³/mol. The highest BCUT2D eigenvalue weighted by Gasteiger charge is 2.33. The molecule has 1 fully saturated rings. The van der Waals surface area contributed by atoms with Crippen LogP contribution in [0.25, 0.3) is 0 Å². The van der Waals surface area contributed by atoms with Gasteiger partial charge in [-0.15, -0.1) is 0 Å². The van der Waals surface area contributed by atoms with Crippen molar-refractivity contribution in [1.82, 2.24) is 0 Å². The summed E-state index contributed by atoms with van der Waals surface area (Å²) in [6.45, 7) is 3.28. The lowest BCUT2D eigenvalue weighted by atomic mass is 10.0. The Labute approximate surface area is 141 Å². The van der Waals surface area contributed by atoms with E-state index in [1.54, 1.807) is 18.2 Å². The molecule has 0 atom stereocenters. The Hall–Kier alpha value is -1.92. The van der Waals surface area contributed by atoms with Crippen LogP contribution in [0.5, 0.6) is 5.75 Å². The SMILES string of the molecule is CC1(c2cccc(COc3ccc(CO)c(CO)c3)c2)OCCO1. The van der Waals surface area contributed by atoms with E-state index in [9.17, 15) is 10.2 Å². The molecule has 128 valence electrons. The topological polar surface area (TPSA) is 68.2 Å². The zero-order valence-corrected chi connectivity index (χ0v) is 13.7. The van der Waals surface area contributed by atoms with Crippen molar-refractivity contribution in [3.05, 3.63) is 64.7 Å². The zero-order valence-electron chi connectivity index (χ0n) is 13.7. The van der Waals surface area contributed by atoms with Gasteiger partial charge in [-0.3, -0.25) is 0 Å². The van der Waals surface area contributed by atoms with E-state index in [1.807, 2.05) is 31.2 Å². The van der Waals surface area contributed by atoms with Gasteiger partial charge in [0.2, 0.25) is 0 Å². The average molecular weight is 330 g/mol. The Bertz CT molecular complexity index is 692. The molecule has 0 saturated carbocycles. The largest absolute Gasteiger partial charge is 0.489 e. The van der Waals surface area contributed by atoms with Crippen molar-refractivity contribution in [1.29, 1.82) is 0 Å². The normalized spacial score (nSPS) is 16.3. The van der Waals surface area contributed by atoms with Crippen molar-refractivity contribution < 1.29 is 24.4 Å². The summed E-state index contributed by atoms with van der Waals surface area (Å²) >= 11 is 0. The highest BCUT2D eigenvalue weighted by atomic mass is 16.7. The van der Waals surface area contributed by atoms with Crippen LogP contribution in [-0.2, 0) is 35.1 Å². The van der Waals surface area contributed by atoms with Crippen molar-refractivity contribution in [2.24, 2.45) is 0 Å². The number of rotatable bonds is 6. The number of benzene rings is 2. The molecular weight excluding hydrogens is 308 g/mol. The molecule has 0 amide bonds. The maximum Gasteiger partial charge on any atom is 0.192 e. The molecule has 0 unspecified atom stereocenters. The molecule has 1 aliphatic heterocycles. The van der Waals surface area contributed by atoms with E-state index in [4.69, 9.17) is 14.2 Å². The first-order valence-electron chi connectivity index (χ1n) is 7.98. The molecule has 24 heavy (non-hydrogen) atoms. The first-order chi connectivity index (χ1) is 11.6. The molecule has 0 radical (unpaired) electrons. The molecule has 1 saturated heterocycles. The van der Waals surface area contributed by atoms with E-state index in [-0.39, 0.29) is 13.2 Å². The Morgan fingerprint density at radius 3 is 2.46 bits per heavy atom. The average Bonchev–Trinajstić information content (AvgIpc) is 3.08. The summed E-state index contributed by atoms with van der Waals surface area (Å²) in [7, 11) is 0. The van der Waals surface area contributed by atoms with Gasteiger partial charge < -0.3 is 24.4 Å². The van der Waals surface area contributed by atoms with Crippen LogP contribution in [0.15, 0.2) is 42.5 Å². The maximum atomic E-state index is 9.35. The van der Waals surface area contributed by atoms with Gasteiger partial charge in [0.25, 0.3) is 0 Å². The fourth-order valence-electron chi connectivity index (χ4n) is 2.78. The number of ether oxygens (including phenoxy) is 3. The fourth-order valence-corrected chi connectivity index (χ4v) is 2.78. The quantitative estimate of drug-likeness (QED) is 0.852. The molecule has 5 heteroatoms. The van der Waals surface area contributed by atoms with E-state index in [0.29, 0.717) is 36.7 Å². The Kier molecular flexibility index (Phi) is 5.16. The summed E-state index contributed by atoms with van der Waals surface area (Å²) in [6.07, 6.45) is 0. The van der Waals surface area contributed by atoms with Crippen molar-refractivity contribution in [3.63, 3.8) is 0 Å². The van der Waals surface area contributed by atoms with Crippen LogP contribution >= 0.6 is 0 Å². The molecular formula is C19H22O5. The summed E-state index contributed by atoms with van der Waals surface area (Å²) in [4.78, 5) is 0. The van der Waals surface area contributed by atoms with Gasteiger partial charge >= 0.3 is 0 Å². The minimum atomic E-state index is -0.692. The summed E-state index contributed by atoms with van der Waals surface area (Å²) < 4.78 is 17.2. The Morgan fingerprint density at radius 1 is 1.00 bits per heavy atom. The summed E-state index contributed by atoms with van der Waals surface area (Å²) in [5, 5.41) is 18.6. The molecule has 0 spiro atoms. The number of hydrogen-bond acceptors (Lipinski definition) is 5. The molecule has 0 bridgehead atoms. The lowest BCUT2D eigenvalue weighted by molar-refractivity contribution is -0.149. The van der Waals surface area contributed by atoms with Crippen LogP contribution in [0.2, 0.25) is 0 Å². The third-order valence-electron chi connectivity index (χ3n) is 4.21. The molecule has 1 aliphatic rings. The second-order valence-corrected chi connectivity index (χ2v) is 5.88. The van der Waals surface area contributed by atoms with Crippen LogP contribution < -0.4 is 4.74 Å².